The Morgan fingerprint density at radius 3 is 2.26 bits per heavy atom. The van der Waals surface area contributed by atoms with Gasteiger partial charge in [0.25, 0.3) is 0 Å². The van der Waals surface area contributed by atoms with E-state index in [2.05, 4.69) is 59.8 Å². The lowest BCUT2D eigenvalue weighted by molar-refractivity contribution is 0.0338. The van der Waals surface area contributed by atoms with Gasteiger partial charge in [-0.25, -0.2) is 0 Å². The fourth-order valence-corrected chi connectivity index (χ4v) is 4.68. The molecule has 1 aliphatic rings. The third-order valence-corrected chi connectivity index (χ3v) is 10.7. The molecule has 130 valence electrons. The monoisotopic (exact) mass is 334 g/mol. The molecule has 3 atom stereocenters. The minimum Gasteiger partial charge on any atom is -0.413 e. The number of aliphatic hydroxyl groups excluding tert-OH is 1. The van der Waals surface area contributed by atoms with Gasteiger partial charge in [-0.3, -0.25) is 0 Å². The van der Waals surface area contributed by atoms with E-state index in [9.17, 15) is 5.11 Å². The highest BCUT2D eigenvalue weighted by molar-refractivity contribution is 6.74. The van der Waals surface area contributed by atoms with E-state index in [-0.39, 0.29) is 22.7 Å². The van der Waals surface area contributed by atoms with Crippen molar-refractivity contribution in [3.05, 3.63) is 35.9 Å². The van der Waals surface area contributed by atoms with E-state index in [0.717, 1.165) is 12.8 Å². The van der Waals surface area contributed by atoms with E-state index >= 15 is 0 Å². The van der Waals surface area contributed by atoms with E-state index < -0.39 is 8.32 Å². The van der Waals surface area contributed by atoms with Crippen molar-refractivity contribution in [2.75, 3.05) is 0 Å². The van der Waals surface area contributed by atoms with Gasteiger partial charge in [0.05, 0.1) is 12.2 Å². The number of rotatable bonds is 6. The maximum absolute atomic E-state index is 11.0. The Morgan fingerprint density at radius 1 is 1.22 bits per heavy atom. The Bertz CT molecular complexity index is 518. The maximum atomic E-state index is 11.0. The summed E-state index contributed by atoms with van der Waals surface area (Å²) in [5, 5.41) is 11.2. The van der Waals surface area contributed by atoms with Crippen molar-refractivity contribution in [1.29, 1.82) is 0 Å². The Balaban J connectivity index is 2.11. The molecule has 3 heteroatoms. The Labute approximate surface area is 143 Å². The van der Waals surface area contributed by atoms with Crippen LogP contribution in [-0.4, -0.2) is 25.6 Å². The first-order valence-electron chi connectivity index (χ1n) is 8.90. The van der Waals surface area contributed by atoms with E-state index in [1.165, 1.54) is 5.56 Å². The predicted octanol–water partition coefficient (Wildman–Crippen LogP) is 5.03. The van der Waals surface area contributed by atoms with Gasteiger partial charge < -0.3 is 9.53 Å². The summed E-state index contributed by atoms with van der Waals surface area (Å²) in [6, 6.07) is 10.3. The van der Waals surface area contributed by atoms with Gasteiger partial charge in [0.1, 0.15) is 0 Å². The summed E-state index contributed by atoms with van der Waals surface area (Å²) in [6.07, 6.45) is 1.59. The topological polar surface area (TPSA) is 29.5 Å². The molecule has 2 nitrogen and oxygen atoms in total. The summed E-state index contributed by atoms with van der Waals surface area (Å²) in [6.45, 7) is 15.9. The van der Waals surface area contributed by atoms with Crippen molar-refractivity contribution in [2.45, 2.75) is 77.8 Å². The van der Waals surface area contributed by atoms with Crippen molar-refractivity contribution >= 4 is 8.32 Å². The molecule has 0 spiro atoms. The second kappa shape index (κ2) is 6.34. The molecule has 0 unspecified atom stereocenters. The van der Waals surface area contributed by atoms with Crippen LogP contribution < -0.4 is 0 Å². The molecule has 2 rings (SSSR count). The molecule has 1 aromatic rings. The SMILES string of the molecule is CC(C)[C@]1([C@H](O)Cc2ccccc2)C[C@H]1O[Si](C)(C)C(C)(C)C. The first-order valence-corrected chi connectivity index (χ1v) is 11.8. The average molecular weight is 335 g/mol. The number of aliphatic hydroxyl groups is 1. The molecule has 23 heavy (non-hydrogen) atoms. The molecular formula is C20H34O2Si. The molecule has 1 N–H and O–H groups in total. The first kappa shape index (κ1) is 18.7. The van der Waals surface area contributed by atoms with Crippen LogP contribution in [0.15, 0.2) is 30.3 Å². The van der Waals surface area contributed by atoms with Gasteiger partial charge in [0.2, 0.25) is 0 Å². The summed E-state index contributed by atoms with van der Waals surface area (Å²) >= 11 is 0. The highest BCUT2D eigenvalue weighted by atomic mass is 28.4. The van der Waals surface area contributed by atoms with Crippen LogP contribution in [0.1, 0.15) is 46.6 Å². The molecular weight excluding hydrogens is 300 g/mol. The Kier molecular flexibility index (Phi) is 5.15. The second-order valence-corrected chi connectivity index (χ2v) is 13.8. The van der Waals surface area contributed by atoms with Gasteiger partial charge in [0, 0.05) is 5.41 Å². The van der Waals surface area contributed by atoms with Gasteiger partial charge in [-0.05, 0) is 42.5 Å². The van der Waals surface area contributed by atoms with Gasteiger partial charge >= 0.3 is 0 Å². The second-order valence-electron chi connectivity index (χ2n) is 9.04. The molecule has 0 amide bonds. The third kappa shape index (κ3) is 3.72. The van der Waals surface area contributed by atoms with E-state index in [0.29, 0.717) is 5.92 Å². The molecule has 0 bridgehead atoms. The summed E-state index contributed by atoms with van der Waals surface area (Å²) in [5.41, 5.74) is 1.13. The highest BCUT2D eigenvalue weighted by Gasteiger charge is 2.63. The molecule has 0 saturated heterocycles. The average Bonchev–Trinajstić information content (AvgIpc) is 3.13. The Morgan fingerprint density at radius 2 is 1.78 bits per heavy atom. The van der Waals surface area contributed by atoms with Crippen molar-refractivity contribution in [2.24, 2.45) is 11.3 Å². The van der Waals surface area contributed by atoms with Crippen LogP contribution in [-0.2, 0) is 10.8 Å². The summed E-state index contributed by atoms with van der Waals surface area (Å²) in [5.74, 6) is 0.427. The fourth-order valence-electron chi connectivity index (χ4n) is 3.32. The molecule has 1 aliphatic carbocycles. The maximum Gasteiger partial charge on any atom is 0.192 e. The summed E-state index contributed by atoms with van der Waals surface area (Å²) in [7, 11) is -1.79. The minimum absolute atomic E-state index is 0.0780. The molecule has 0 heterocycles. The lowest BCUT2D eigenvalue weighted by atomic mass is 9.83. The van der Waals surface area contributed by atoms with Crippen molar-refractivity contribution in [1.82, 2.24) is 0 Å². The van der Waals surface area contributed by atoms with Crippen molar-refractivity contribution in [3.63, 3.8) is 0 Å². The molecule has 0 aromatic heterocycles. The third-order valence-electron chi connectivity index (χ3n) is 6.19. The molecule has 1 aromatic carbocycles. The van der Waals surface area contributed by atoms with E-state index in [1.807, 2.05) is 18.2 Å². The van der Waals surface area contributed by atoms with Crippen molar-refractivity contribution in [3.8, 4) is 0 Å². The van der Waals surface area contributed by atoms with Crippen LogP contribution in [0.4, 0.5) is 0 Å². The van der Waals surface area contributed by atoms with Crippen LogP contribution in [0.3, 0.4) is 0 Å². The van der Waals surface area contributed by atoms with Gasteiger partial charge in [-0.15, -0.1) is 0 Å². The number of hydrogen-bond acceptors (Lipinski definition) is 2. The zero-order valence-electron chi connectivity index (χ0n) is 15.9. The Hall–Kier alpha value is -0.643. The quantitative estimate of drug-likeness (QED) is 0.740. The van der Waals surface area contributed by atoms with E-state index in [4.69, 9.17) is 4.43 Å². The molecule has 1 fully saturated rings. The van der Waals surface area contributed by atoms with Gasteiger partial charge in [0.15, 0.2) is 8.32 Å². The minimum atomic E-state index is -1.79. The van der Waals surface area contributed by atoms with Crippen LogP contribution in [0.25, 0.3) is 0 Å². The summed E-state index contributed by atoms with van der Waals surface area (Å²) in [4.78, 5) is 0. The van der Waals surface area contributed by atoms with Crippen molar-refractivity contribution < 1.29 is 9.53 Å². The molecule has 1 saturated carbocycles. The van der Waals surface area contributed by atoms with Crippen LogP contribution >= 0.6 is 0 Å². The lowest BCUT2D eigenvalue weighted by Gasteiger charge is -2.38. The standard InChI is InChI=1S/C20H34O2Si/c1-15(2)20(17(21)13-16-11-9-8-10-12-16)14-18(20)22-23(6,7)19(3,4)5/h8-12,15,17-18,21H,13-14H2,1-7H3/t17-,18-,20+/m1/s1. The normalized spacial score (nSPS) is 26.4. The van der Waals surface area contributed by atoms with Crippen LogP contribution in [0.5, 0.6) is 0 Å². The largest absolute Gasteiger partial charge is 0.413 e. The lowest BCUT2D eigenvalue weighted by Crippen LogP contribution is -2.44. The molecule has 0 radical (unpaired) electrons. The highest BCUT2D eigenvalue weighted by Crippen LogP contribution is 2.59. The summed E-state index contributed by atoms with van der Waals surface area (Å²) < 4.78 is 6.63. The zero-order chi connectivity index (χ0) is 17.5. The smallest absolute Gasteiger partial charge is 0.192 e. The zero-order valence-corrected chi connectivity index (χ0v) is 16.9. The van der Waals surface area contributed by atoms with Crippen LogP contribution in [0, 0.1) is 11.3 Å². The van der Waals surface area contributed by atoms with Crippen LogP contribution in [0.2, 0.25) is 18.1 Å². The van der Waals surface area contributed by atoms with Gasteiger partial charge in [-0.2, -0.15) is 0 Å². The number of hydrogen-bond donors (Lipinski definition) is 1. The number of benzene rings is 1. The fraction of sp³-hybridized carbons (Fsp3) is 0.700. The van der Waals surface area contributed by atoms with E-state index in [1.54, 1.807) is 0 Å². The van der Waals surface area contributed by atoms with Gasteiger partial charge in [-0.1, -0.05) is 65.0 Å². The first-order chi connectivity index (χ1) is 10.5. The molecule has 0 aliphatic heterocycles. The predicted molar refractivity (Wildman–Crippen MR) is 100 cm³/mol.